The number of hydrogen-bond acceptors (Lipinski definition) is 4. The van der Waals surface area contributed by atoms with Gasteiger partial charge in [-0.15, -0.1) is 0 Å². The summed E-state index contributed by atoms with van der Waals surface area (Å²) in [6.07, 6.45) is 6.05. The van der Waals surface area contributed by atoms with E-state index in [0.717, 1.165) is 44.6 Å². The van der Waals surface area contributed by atoms with Gasteiger partial charge in [0, 0.05) is 36.6 Å². The summed E-state index contributed by atoms with van der Waals surface area (Å²) in [5.74, 6) is 0.424. The normalized spacial score (nSPS) is 16.4. The molecule has 2 amide bonds. The summed E-state index contributed by atoms with van der Waals surface area (Å²) in [5.41, 5.74) is 1.72. The molecule has 1 saturated carbocycles. The molecule has 2 aliphatic rings. The zero-order valence-corrected chi connectivity index (χ0v) is 14.6. The summed E-state index contributed by atoms with van der Waals surface area (Å²) >= 11 is 0. The number of rotatable bonds is 5. The Hall–Kier alpha value is -2.89. The van der Waals surface area contributed by atoms with Crippen molar-refractivity contribution in [1.29, 1.82) is 0 Å². The molecular formula is C20H22N4O2. The van der Waals surface area contributed by atoms with Crippen LogP contribution in [0.1, 0.15) is 46.4 Å². The molecule has 4 rings (SSSR count). The molecule has 6 nitrogen and oxygen atoms in total. The van der Waals surface area contributed by atoms with Gasteiger partial charge in [-0.25, -0.2) is 4.98 Å². The summed E-state index contributed by atoms with van der Waals surface area (Å²) in [4.78, 5) is 31.5. The fourth-order valence-corrected chi connectivity index (χ4v) is 3.19. The van der Waals surface area contributed by atoms with E-state index in [4.69, 9.17) is 0 Å². The maximum atomic E-state index is 12.8. The molecule has 2 N–H and O–H groups in total. The Balaban J connectivity index is 1.50. The third kappa shape index (κ3) is 3.69. The lowest BCUT2D eigenvalue weighted by Crippen LogP contribution is -2.26. The van der Waals surface area contributed by atoms with Crippen LogP contribution in [0, 0.1) is 0 Å². The minimum atomic E-state index is -0.209. The number of carbonyl (C=O) groups is 2. The van der Waals surface area contributed by atoms with Gasteiger partial charge in [-0.05, 0) is 56.0 Å². The molecular weight excluding hydrogens is 328 g/mol. The summed E-state index contributed by atoms with van der Waals surface area (Å²) in [7, 11) is 0. The first-order valence-corrected chi connectivity index (χ1v) is 9.13. The van der Waals surface area contributed by atoms with Gasteiger partial charge in [0.2, 0.25) is 0 Å². The number of nitrogens with zero attached hydrogens (tertiary/aromatic N) is 2. The van der Waals surface area contributed by atoms with Gasteiger partial charge < -0.3 is 15.5 Å². The molecule has 0 radical (unpaired) electrons. The van der Waals surface area contributed by atoms with Gasteiger partial charge in [0.05, 0.1) is 5.56 Å². The highest BCUT2D eigenvalue weighted by Gasteiger charge is 2.24. The average molecular weight is 350 g/mol. The third-order valence-electron chi connectivity index (χ3n) is 4.73. The Morgan fingerprint density at radius 2 is 1.85 bits per heavy atom. The zero-order valence-electron chi connectivity index (χ0n) is 14.6. The molecule has 1 aromatic carbocycles. The molecule has 0 bridgehead atoms. The van der Waals surface area contributed by atoms with Crippen LogP contribution in [0.5, 0.6) is 0 Å². The largest absolute Gasteiger partial charge is 0.356 e. The van der Waals surface area contributed by atoms with Gasteiger partial charge in [-0.2, -0.15) is 0 Å². The number of aromatic nitrogens is 1. The molecule has 0 unspecified atom stereocenters. The lowest BCUT2D eigenvalue weighted by Gasteiger charge is -2.19. The van der Waals surface area contributed by atoms with Crippen LogP contribution in [-0.2, 0) is 0 Å². The first kappa shape index (κ1) is 16.6. The van der Waals surface area contributed by atoms with Gasteiger partial charge in [0.15, 0.2) is 0 Å². The lowest BCUT2D eigenvalue weighted by molar-refractivity contribution is 0.0949. The fourth-order valence-electron chi connectivity index (χ4n) is 3.19. The minimum absolute atomic E-state index is 0.0947. The van der Waals surface area contributed by atoms with Crippen LogP contribution >= 0.6 is 0 Å². The highest BCUT2D eigenvalue weighted by atomic mass is 16.2. The predicted molar refractivity (Wildman–Crippen MR) is 101 cm³/mol. The molecule has 6 heteroatoms. The summed E-state index contributed by atoms with van der Waals surface area (Å²) in [5, 5.41) is 5.86. The van der Waals surface area contributed by atoms with Crippen LogP contribution in [0.15, 0.2) is 42.6 Å². The second-order valence-electron chi connectivity index (χ2n) is 6.85. The smallest absolute Gasteiger partial charge is 0.259 e. The van der Waals surface area contributed by atoms with E-state index < -0.39 is 0 Å². The Kier molecular flexibility index (Phi) is 4.56. The van der Waals surface area contributed by atoms with E-state index in [-0.39, 0.29) is 11.8 Å². The summed E-state index contributed by atoms with van der Waals surface area (Å²) in [6, 6.07) is 10.9. The number of carbonyl (C=O) groups excluding carboxylic acids is 2. The van der Waals surface area contributed by atoms with E-state index in [1.807, 2.05) is 0 Å². The molecule has 26 heavy (non-hydrogen) atoms. The minimum Gasteiger partial charge on any atom is -0.356 e. The SMILES string of the molecule is O=C(NC1CC1)c1cccc(NC(=O)c2cccnc2N2CCCC2)c1. The molecule has 0 spiro atoms. The maximum absolute atomic E-state index is 12.8. The van der Waals surface area contributed by atoms with E-state index in [2.05, 4.69) is 20.5 Å². The standard InChI is InChI=1S/C20H22N4O2/c25-19(22-15-8-9-15)14-5-3-6-16(13-14)23-20(26)17-7-4-10-21-18(17)24-11-1-2-12-24/h3-7,10,13,15H,1-2,8-9,11-12H2,(H,22,25)(H,23,26). The number of pyridine rings is 1. The summed E-state index contributed by atoms with van der Waals surface area (Å²) in [6.45, 7) is 1.85. The number of benzene rings is 1. The molecule has 1 saturated heterocycles. The third-order valence-corrected chi connectivity index (χ3v) is 4.73. The van der Waals surface area contributed by atoms with Crippen LogP contribution < -0.4 is 15.5 Å². The van der Waals surface area contributed by atoms with Crippen molar-refractivity contribution in [3.63, 3.8) is 0 Å². The number of anilines is 2. The van der Waals surface area contributed by atoms with Crippen LogP contribution in [-0.4, -0.2) is 35.9 Å². The van der Waals surface area contributed by atoms with E-state index in [1.165, 1.54) is 0 Å². The van der Waals surface area contributed by atoms with Crippen LogP contribution in [0.2, 0.25) is 0 Å². The van der Waals surface area contributed by atoms with Gasteiger partial charge in [0.25, 0.3) is 11.8 Å². The summed E-state index contributed by atoms with van der Waals surface area (Å²) < 4.78 is 0. The van der Waals surface area contributed by atoms with Gasteiger partial charge in [0.1, 0.15) is 5.82 Å². The topological polar surface area (TPSA) is 74.3 Å². The molecule has 134 valence electrons. The van der Waals surface area contributed by atoms with Crippen molar-refractivity contribution in [2.75, 3.05) is 23.3 Å². The number of nitrogens with one attached hydrogen (secondary N) is 2. The Morgan fingerprint density at radius 3 is 2.62 bits per heavy atom. The second kappa shape index (κ2) is 7.15. The molecule has 1 aliphatic heterocycles. The van der Waals surface area contributed by atoms with Gasteiger partial charge in [-0.1, -0.05) is 6.07 Å². The Bertz CT molecular complexity index is 826. The molecule has 0 atom stereocenters. The van der Waals surface area contributed by atoms with E-state index in [0.29, 0.717) is 22.9 Å². The van der Waals surface area contributed by atoms with E-state index in [9.17, 15) is 9.59 Å². The molecule has 1 aromatic heterocycles. The number of hydrogen-bond donors (Lipinski definition) is 2. The van der Waals surface area contributed by atoms with Crippen molar-refractivity contribution in [1.82, 2.24) is 10.3 Å². The number of amides is 2. The second-order valence-corrected chi connectivity index (χ2v) is 6.85. The van der Waals surface area contributed by atoms with Crippen molar-refractivity contribution in [2.24, 2.45) is 0 Å². The van der Waals surface area contributed by atoms with Gasteiger partial charge >= 0.3 is 0 Å². The van der Waals surface area contributed by atoms with E-state index in [1.54, 1.807) is 42.6 Å². The predicted octanol–water partition coefficient (Wildman–Crippen LogP) is 2.83. The first-order valence-electron chi connectivity index (χ1n) is 9.13. The first-order chi connectivity index (χ1) is 12.7. The van der Waals surface area contributed by atoms with Crippen LogP contribution in [0.25, 0.3) is 0 Å². The molecule has 2 fully saturated rings. The quantitative estimate of drug-likeness (QED) is 0.870. The molecule has 1 aliphatic carbocycles. The zero-order chi connectivity index (χ0) is 17.9. The monoisotopic (exact) mass is 350 g/mol. The van der Waals surface area contributed by atoms with Crippen molar-refractivity contribution in [3.05, 3.63) is 53.7 Å². The highest BCUT2D eigenvalue weighted by molar-refractivity contribution is 6.08. The lowest BCUT2D eigenvalue weighted by atomic mass is 10.1. The maximum Gasteiger partial charge on any atom is 0.259 e. The Morgan fingerprint density at radius 1 is 1.04 bits per heavy atom. The highest BCUT2D eigenvalue weighted by Crippen LogP contribution is 2.23. The van der Waals surface area contributed by atoms with Crippen molar-refractivity contribution < 1.29 is 9.59 Å². The molecule has 2 aromatic rings. The molecule has 2 heterocycles. The Labute approximate surface area is 152 Å². The van der Waals surface area contributed by atoms with Gasteiger partial charge in [-0.3, -0.25) is 9.59 Å². The van der Waals surface area contributed by atoms with Crippen LogP contribution in [0.4, 0.5) is 11.5 Å². The van der Waals surface area contributed by atoms with Crippen molar-refractivity contribution in [2.45, 2.75) is 31.7 Å². The van der Waals surface area contributed by atoms with E-state index >= 15 is 0 Å². The fraction of sp³-hybridized carbons (Fsp3) is 0.350. The van der Waals surface area contributed by atoms with Crippen molar-refractivity contribution in [3.8, 4) is 0 Å². The van der Waals surface area contributed by atoms with Crippen LogP contribution in [0.3, 0.4) is 0 Å². The van der Waals surface area contributed by atoms with Crippen molar-refractivity contribution >= 4 is 23.3 Å². The average Bonchev–Trinajstić information content (AvgIpc) is 3.31.